The first-order valence-corrected chi connectivity index (χ1v) is 9.00. The van der Waals surface area contributed by atoms with Crippen molar-refractivity contribution in [2.75, 3.05) is 0 Å². The Kier molecular flexibility index (Phi) is 12.0. The SMILES string of the molecule is C/C=C/C.C=CCCCn1c2c(sc1=N)CCCC2.CC. The fourth-order valence-electron chi connectivity index (χ4n) is 2.18. The van der Waals surface area contributed by atoms with Crippen LogP contribution in [-0.2, 0) is 19.4 Å². The van der Waals surface area contributed by atoms with E-state index in [-0.39, 0.29) is 0 Å². The zero-order valence-electron chi connectivity index (χ0n) is 14.2. The molecule has 1 aliphatic rings. The molecule has 2 nitrogen and oxygen atoms in total. The first-order chi connectivity index (χ1) is 10.2. The normalized spacial score (nSPS) is 12.8. The van der Waals surface area contributed by atoms with Crippen LogP contribution in [-0.4, -0.2) is 4.57 Å². The van der Waals surface area contributed by atoms with E-state index in [4.69, 9.17) is 5.41 Å². The summed E-state index contributed by atoms with van der Waals surface area (Å²) < 4.78 is 2.21. The molecule has 1 heterocycles. The summed E-state index contributed by atoms with van der Waals surface area (Å²) in [6.07, 6.45) is 13.1. The average Bonchev–Trinajstić information content (AvgIpc) is 2.86. The van der Waals surface area contributed by atoms with Gasteiger partial charge in [-0.15, -0.1) is 17.9 Å². The number of unbranched alkanes of at least 4 members (excludes halogenated alkanes) is 1. The number of thiazole rings is 1. The van der Waals surface area contributed by atoms with Gasteiger partial charge in [0.1, 0.15) is 0 Å². The van der Waals surface area contributed by atoms with Gasteiger partial charge in [0.2, 0.25) is 0 Å². The number of allylic oxidation sites excluding steroid dienone is 3. The molecule has 1 aromatic rings. The van der Waals surface area contributed by atoms with Crippen LogP contribution in [0.25, 0.3) is 0 Å². The van der Waals surface area contributed by atoms with Crippen molar-refractivity contribution >= 4 is 11.3 Å². The Morgan fingerprint density at radius 3 is 2.38 bits per heavy atom. The smallest absolute Gasteiger partial charge is 0.182 e. The second-order valence-corrected chi connectivity index (χ2v) is 5.82. The molecule has 0 unspecified atom stereocenters. The van der Waals surface area contributed by atoms with Crippen LogP contribution in [0.2, 0.25) is 0 Å². The maximum atomic E-state index is 7.96. The molecule has 120 valence electrons. The summed E-state index contributed by atoms with van der Waals surface area (Å²) in [7, 11) is 0. The molecule has 1 N–H and O–H groups in total. The predicted molar refractivity (Wildman–Crippen MR) is 96.1 cm³/mol. The Bertz CT molecular complexity index is 462. The zero-order valence-corrected chi connectivity index (χ0v) is 15.1. The number of hydrogen-bond acceptors (Lipinski definition) is 2. The summed E-state index contributed by atoms with van der Waals surface area (Å²) in [6, 6.07) is 0. The lowest BCUT2D eigenvalue weighted by Gasteiger charge is -2.13. The van der Waals surface area contributed by atoms with Crippen molar-refractivity contribution in [3.8, 4) is 0 Å². The van der Waals surface area contributed by atoms with Crippen molar-refractivity contribution < 1.29 is 0 Å². The number of hydrogen-bond donors (Lipinski definition) is 1. The largest absolute Gasteiger partial charge is 0.321 e. The highest BCUT2D eigenvalue weighted by atomic mass is 32.1. The van der Waals surface area contributed by atoms with E-state index < -0.39 is 0 Å². The quantitative estimate of drug-likeness (QED) is 0.563. The van der Waals surface area contributed by atoms with E-state index in [1.165, 1.54) is 36.3 Å². The molecule has 0 spiro atoms. The molecular weight excluding hydrogens is 276 g/mol. The van der Waals surface area contributed by atoms with Gasteiger partial charge in [-0.25, -0.2) is 0 Å². The van der Waals surface area contributed by atoms with Gasteiger partial charge in [0.05, 0.1) is 0 Å². The predicted octanol–water partition coefficient (Wildman–Crippen LogP) is 5.48. The summed E-state index contributed by atoms with van der Waals surface area (Å²) in [5, 5.41) is 7.96. The number of aryl methyl sites for hydroxylation is 1. The minimum atomic E-state index is 0.742. The fraction of sp³-hybridized carbons (Fsp3) is 0.611. The van der Waals surface area contributed by atoms with Crippen molar-refractivity contribution in [1.82, 2.24) is 4.57 Å². The molecule has 21 heavy (non-hydrogen) atoms. The first kappa shape index (κ1) is 19.9. The van der Waals surface area contributed by atoms with E-state index in [1.807, 2.05) is 45.9 Å². The Morgan fingerprint density at radius 2 is 1.81 bits per heavy atom. The lowest BCUT2D eigenvalue weighted by molar-refractivity contribution is 0.568. The van der Waals surface area contributed by atoms with Gasteiger partial charge in [0.15, 0.2) is 4.80 Å². The maximum absolute atomic E-state index is 7.96. The van der Waals surface area contributed by atoms with Gasteiger partial charge in [-0.2, -0.15) is 0 Å². The van der Waals surface area contributed by atoms with Crippen LogP contribution < -0.4 is 4.80 Å². The molecular formula is C18H32N2S. The average molecular weight is 309 g/mol. The van der Waals surface area contributed by atoms with Gasteiger partial charge >= 0.3 is 0 Å². The van der Waals surface area contributed by atoms with Crippen molar-refractivity contribution in [2.24, 2.45) is 0 Å². The van der Waals surface area contributed by atoms with E-state index in [9.17, 15) is 0 Å². The third-order valence-corrected chi connectivity index (χ3v) is 4.40. The van der Waals surface area contributed by atoms with Crippen molar-refractivity contribution in [2.45, 2.75) is 72.8 Å². The minimum absolute atomic E-state index is 0.742. The number of aromatic nitrogens is 1. The van der Waals surface area contributed by atoms with Crippen LogP contribution in [0.15, 0.2) is 24.8 Å². The van der Waals surface area contributed by atoms with E-state index in [0.29, 0.717) is 0 Å². The molecule has 1 aromatic heterocycles. The van der Waals surface area contributed by atoms with Crippen molar-refractivity contribution in [3.05, 3.63) is 40.2 Å². The molecule has 0 bridgehead atoms. The molecule has 0 fully saturated rings. The summed E-state index contributed by atoms with van der Waals surface area (Å²) in [5.74, 6) is 0. The second kappa shape index (κ2) is 12.6. The Labute approximate surface area is 134 Å². The zero-order chi connectivity index (χ0) is 16.1. The molecule has 0 radical (unpaired) electrons. The first-order valence-electron chi connectivity index (χ1n) is 8.18. The van der Waals surface area contributed by atoms with Crippen LogP contribution in [0.4, 0.5) is 0 Å². The summed E-state index contributed by atoms with van der Waals surface area (Å²) in [5.41, 5.74) is 1.44. The second-order valence-electron chi connectivity index (χ2n) is 4.73. The molecule has 3 heteroatoms. The Morgan fingerprint density at radius 1 is 1.19 bits per heavy atom. The Balaban J connectivity index is 0.000000579. The highest BCUT2D eigenvalue weighted by Crippen LogP contribution is 2.23. The third-order valence-electron chi connectivity index (χ3n) is 3.30. The summed E-state index contributed by atoms with van der Waals surface area (Å²) >= 11 is 1.68. The molecule has 2 rings (SSSR count). The lowest BCUT2D eigenvalue weighted by Crippen LogP contribution is -2.17. The molecule has 0 saturated carbocycles. The monoisotopic (exact) mass is 308 g/mol. The maximum Gasteiger partial charge on any atom is 0.182 e. The molecule has 0 aromatic carbocycles. The topological polar surface area (TPSA) is 28.8 Å². The Hall–Kier alpha value is -1.09. The van der Waals surface area contributed by atoms with E-state index in [0.717, 1.165) is 24.2 Å². The number of fused-ring (bicyclic) bond motifs is 1. The lowest BCUT2D eigenvalue weighted by atomic mass is 10.0. The van der Waals surface area contributed by atoms with Crippen molar-refractivity contribution in [3.63, 3.8) is 0 Å². The number of nitrogens with one attached hydrogen (secondary N) is 1. The van der Waals surface area contributed by atoms with Gasteiger partial charge in [0, 0.05) is 17.1 Å². The van der Waals surface area contributed by atoms with Crippen LogP contribution in [0.5, 0.6) is 0 Å². The van der Waals surface area contributed by atoms with Gasteiger partial charge in [-0.3, -0.25) is 5.41 Å². The molecule has 0 atom stereocenters. The van der Waals surface area contributed by atoms with E-state index >= 15 is 0 Å². The van der Waals surface area contributed by atoms with Crippen LogP contribution >= 0.6 is 11.3 Å². The highest BCUT2D eigenvalue weighted by Gasteiger charge is 2.15. The van der Waals surface area contributed by atoms with Gasteiger partial charge < -0.3 is 4.57 Å². The van der Waals surface area contributed by atoms with Crippen LogP contribution in [0.3, 0.4) is 0 Å². The van der Waals surface area contributed by atoms with Gasteiger partial charge in [-0.05, 0) is 52.4 Å². The molecule has 0 amide bonds. The van der Waals surface area contributed by atoms with Crippen LogP contribution in [0, 0.1) is 5.41 Å². The molecule has 1 aliphatic carbocycles. The molecule has 0 saturated heterocycles. The molecule has 0 aliphatic heterocycles. The standard InChI is InChI=1S/C12H18N2S.C4H8.C2H6/c1-2-3-6-9-14-10-7-4-5-8-11(10)15-12(14)13;1-3-4-2;1-2/h2,13H,1,3-9H2;3-4H,1-2H3;1-2H3/b;4-3+;. The fourth-order valence-corrected chi connectivity index (χ4v) is 3.30. The van der Waals surface area contributed by atoms with Crippen molar-refractivity contribution in [1.29, 1.82) is 5.41 Å². The van der Waals surface area contributed by atoms with E-state index in [2.05, 4.69) is 11.1 Å². The summed E-state index contributed by atoms with van der Waals surface area (Å²) in [4.78, 5) is 2.20. The van der Waals surface area contributed by atoms with E-state index in [1.54, 1.807) is 11.3 Å². The third kappa shape index (κ3) is 6.94. The van der Waals surface area contributed by atoms with Gasteiger partial charge in [0.25, 0.3) is 0 Å². The highest BCUT2D eigenvalue weighted by molar-refractivity contribution is 7.09. The minimum Gasteiger partial charge on any atom is -0.321 e. The van der Waals surface area contributed by atoms with Gasteiger partial charge in [-0.1, -0.05) is 32.1 Å². The number of nitrogens with zero attached hydrogens (tertiary/aromatic N) is 1. The van der Waals surface area contributed by atoms with Crippen LogP contribution in [0.1, 0.15) is 63.9 Å². The summed E-state index contributed by atoms with van der Waals surface area (Å²) in [6.45, 7) is 12.7. The number of rotatable bonds is 4.